The predicted molar refractivity (Wildman–Crippen MR) is 68.9 cm³/mol. The molecule has 0 rings (SSSR count). The Morgan fingerprint density at radius 2 is 1.93 bits per heavy atom. The van der Waals surface area contributed by atoms with Gasteiger partial charge in [0.25, 0.3) is 0 Å². The van der Waals surface area contributed by atoms with Crippen LogP contribution in [0.25, 0.3) is 0 Å². The molecule has 0 atom stereocenters. The molecular weight excluding hydrogens is 190 g/mol. The smallest absolute Gasteiger partial charge is 0.0371 e. The summed E-state index contributed by atoms with van der Waals surface area (Å²) in [5, 5.41) is 1.77. The summed E-state index contributed by atoms with van der Waals surface area (Å²) in [5.41, 5.74) is 3.14. The van der Waals surface area contributed by atoms with Crippen LogP contribution in [0.3, 0.4) is 0 Å². The summed E-state index contributed by atoms with van der Waals surface area (Å²) < 4.78 is 0. The van der Waals surface area contributed by atoms with E-state index in [1.807, 2.05) is 45.1 Å². The van der Waals surface area contributed by atoms with Crippen molar-refractivity contribution in [3.8, 4) is 0 Å². The van der Waals surface area contributed by atoms with Crippen LogP contribution in [0.5, 0.6) is 0 Å². The highest BCUT2D eigenvalue weighted by molar-refractivity contribution is 7.83. The van der Waals surface area contributed by atoms with E-state index in [-0.39, 0.29) is 0 Å². The van der Waals surface area contributed by atoms with Crippen molar-refractivity contribution in [2.24, 2.45) is 4.99 Å². The minimum Gasteiger partial charge on any atom is -0.269 e. The quantitative estimate of drug-likeness (QED) is 0.407. The molecule has 0 aromatic heterocycles. The van der Waals surface area contributed by atoms with E-state index in [1.165, 1.54) is 0 Å². The van der Waals surface area contributed by atoms with E-state index in [0.29, 0.717) is 0 Å². The summed E-state index contributed by atoms with van der Waals surface area (Å²) in [7, 11) is 0. The molecule has 1 nitrogen and oxygen atoms in total. The van der Waals surface area contributed by atoms with E-state index in [1.54, 1.807) is 5.41 Å². The SMILES string of the molecule is C=N\C(C)=C/C(=C\C)/C=C/C(C)=C\S. The van der Waals surface area contributed by atoms with Crippen molar-refractivity contribution in [3.05, 3.63) is 46.6 Å². The lowest BCUT2D eigenvalue weighted by Crippen LogP contribution is -1.75. The molecule has 14 heavy (non-hydrogen) atoms. The molecule has 0 amide bonds. The van der Waals surface area contributed by atoms with E-state index in [9.17, 15) is 0 Å². The fraction of sp³-hybridized carbons (Fsp3) is 0.250. The minimum atomic E-state index is 0.912. The first-order valence-corrected chi connectivity index (χ1v) is 4.96. The van der Waals surface area contributed by atoms with E-state index >= 15 is 0 Å². The summed E-state index contributed by atoms with van der Waals surface area (Å²) in [6, 6.07) is 0. The monoisotopic (exact) mass is 207 g/mol. The van der Waals surface area contributed by atoms with Crippen molar-refractivity contribution in [2.45, 2.75) is 20.8 Å². The highest BCUT2D eigenvalue weighted by Gasteiger charge is 1.87. The summed E-state index contributed by atoms with van der Waals surface area (Å²) >= 11 is 4.06. The molecule has 0 fully saturated rings. The lowest BCUT2D eigenvalue weighted by atomic mass is 10.2. The summed E-state index contributed by atoms with van der Waals surface area (Å²) in [5.74, 6) is 0. The Kier molecular flexibility index (Phi) is 6.85. The first kappa shape index (κ1) is 13.0. The Morgan fingerprint density at radius 1 is 1.29 bits per heavy atom. The van der Waals surface area contributed by atoms with Crippen LogP contribution in [0.15, 0.2) is 51.5 Å². The van der Waals surface area contributed by atoms with Crippen LogP contribution in [-0.2, 0) is 0 Å². The van der Waals surface area contributed by atoms with E-state index in [2.05, 4.69) is 24.3 Å². The average molecular weight is 207 g/mol. The summed E-state index contributed by atoms with van der Waals surface area (Å²) in [6.45, 7) is 9.38. The highest BCUT2D eigenvalue weighted by Crippen LogP contribution is 2.07. The Balaban J connectivity index is 4.64. The second kappa shape index (κ2) is 7.39. The number of hydrogen-bond donors (Lipinski definition) is 1. The zero-order chi connectivity index (χ0) is 11.0. The molecule has 0 saturated heterocycles. The van der Waals surface area contributed by atoms with Crippen LogP contribution in [0.4, 0.5) is 0 Å². The lowest BCUT2D eigenvalue weighted by molar-refractivity contribution is 1.31. The average Bonchev–Trinajstić information content (AvgIpc) is 2.22. The number of aliphatic imine (C=N–C) groups is 1. The number of rotatable bonds is 4. The van der Waals surface area contributed by atoms with Crippen LogP contribution in [0.2, 0.25) is 0 Å². The van der Waals surface area contributed by atoms with Gasteiger partial charge in [0.15, 0.2) is 0 Å². The van der Waals surface area contributed by atoms with Crippen molar-refractivity contribution in [1.29, 1.82) is 0 Å². The van der Waals surface area contributed by atoms with E-state index < -0.39 is 0 Å². The highest BCUT2D eigenvalue weighted by atomic mass is 32.1. The second-order valence-corrected chi connectivity index (χ2v) is 3.20. The third-order valence-electron chi connectivity index (χ3n) is 1.70. The molecular formula is C12H17NS. The first-order chi connectivity index (χ1) is 6.63. The third kappa shape index (κ3) is 5.60. The molecule has 0 aliphatic heterocycles. The lowest BCUT2D eigenvalue weighted by Gasteiger charge is -1.95. The van der Waals surface area contributed by atoms with Crippen LogP contribution in [0.1, 0.15) is 20.8 Å². The molecule has 0 bridgehead atoms. The molecule has 0 unspecified atom stereocenters. The van der Waals surface area contributed by atoms with Gasteiger partial charge in [-0.1, -0.05) is 18.2 Å². The van der Waals surface area contributed by atoms with Gasteiger partial charge >= 0.3 is 0 Å². The molecule has 0 aliphatic carbocycles. The number of thiol groups is 1. The van der Waals surface area contributed by atoms with E-state index in [0.717, 1.165) is 16.8 Å². The fourth-order valence-corrected chi connectivity index (χ4v) is 0.871. The van der Waals surface area contributed by atoms with Crippen LogP contribution >= 0.6 is 12.6 Å². The van der Waals surface area contributed by atoms with Gasteiger partial charge in [-0.2, -0.15) is 12.6 Å². The molecule has 0 aliphatic rings. The largest absolute Gasteiger partial charge is 0.269 e. The molecule has 0 saturated carbocycles. The van der Waals surface area contributed by atoms with Crippen LogP contribution in [-0.4, -0.2) is 6.72 Å². The van der Waals surface area contributed by atoms with Crippen molar-refractivity contribution in [1.82, 2.24) is 0 Å². The molecule has 0 aromatic rings. The van der Waals surface area contributed by atoms with Gasteiger partial charge < -0.3 is 0 Å². The van der Waals surface area contributed by atoms with E-state index in [4.69, 9.17) is 0 Å². The van der Waals surface area contributed by atoms with Gasteiger partial charge in [0, 0.05) is 5.70 Å². The third-order valence-corrected chi connectivity index (χ3v) is 2.11. The normalized spacial score (nSPS) is 15.0. The van der Waals surface area contributed by atoms with Gasteiger partial charge in [0.1, 0.15) is 0 Å². The Morgan fingerprint density at radius 3 is 2.36 bits per heavy atom. The van der Waals surface area contributed by atoms with Gasteiger partial charge in [0.05, 0.1) is 0 Å². The van der Waals surface area contributed by atoms with Gasteiger partial charge in [0.2, 0.25) is 0 Å². The molecule has 76 valence electrons. The zero-order valence-electron chi connectivity index (χ0n) is 8.99. The number of allylic oxidation sites excluding steroid dienone is 7. The van der Waals surface area contributed by atoms with Crippen LogP contribution in [0, 0.1) is 0 Å². The maximum absolute atomic E-state index is 4.06. The fourth-order valence-electron chi connectivity index (χ4n) is 0.785. The standard InChI is InChI=1S/C12H17NS/c1-5-12(8-11(3)13-4)7-6-10(2)9-14/h5-9,14H,4H2,1-3H3/b7-6+,10-9-,11-8-,12-5-. The molecule has 0 heterocycles. The van der Waals surface area contributed by atoms with Crippen molar-refractivity contribution in [3.63, 3.8) is 0 Å². The summed E-state index contributed by atoms with van der Waals surface area (Å²) in [4.78, 5) is 3.83. The summed E-state index contributed by atoms with van der Waals surface area (Å²) in [6.07, 6.45) is 8.04. The predicted octanol–water partition coefficient (Wildman–Crippen LogP) is 3.93. The van der Waals surface area contributed by atoms with Gasteiger partial charge in [-0.05, 0) is 50.1 Å². The topological polar surface area (TPSA) is 12.4 Å². The Hall–Kier alpha value is -1.02. The number of nitrogens with zero attached hydrogens (tertiary/aromatic N) is 1. The van der Waals surface area contributed by atoms with Gasteiger partial charge in [-0.3, -0.25) is 4.99 Å². The molecule has 0 aromatic carbocycles. The van der Waals surface area contributed by atoms with Crippen molar-refractivity contribution in [2.75, 3.05) is 0 Å². The van der Waals surface area contributed by atoms with Crippen molar-refractivity contribution >= 4 is 19.3 Å². The molecule has 0 spiro atoms. The van der Waals surface area contributed by atoms with Gasteiger partial charge in [-0.15, -0.1) is 0 Å². The van der Waals surface area contributed by atoms with Gasteiger partial charge in [-0.25, -0.2) is 0 Å². The maximum Gasteiger partial charge on any atom is 0.0371 e. The molecule has 0 radical (unpaired) electrons. The zero-order valence-corrected chi connectivity index (χ0v) is 9.88. The number of hydrogen-bond acceptors (Lipinski definition) is 2. The molecule has 2 heteroatoms. The van der Waals surface area contributed by atoms with Crippen LogP contribution < -0.4 is 0 Å². The Labute approximate surface area is 92.0 Å². The Bertz CT molecular complexity index is 306. The maximum atomic E-state index is 4.06. The first-order valence-electron chi connectivity index (χ1n) is 4.44. The minimum absolute atomic E-state index is 0.912. The molecule has 0 N–H and O–H groups in total. The second-order valence-electron chi connectivity index (χ2n) is 2.94. The van der Waals surface area contributed by atoms with Crippen molar-refractivity contribution < 1.29 is 0 Å².